The largest absolute Gasteiger partial charge is 0.328 e. The molecule has 0 atom stereocenters. The predicted octanol–water partition coefficient (Wildman–Crippen LogP) is 3.41. The van der Waals surface area contributed by atoms with E-state index in [2.05, 4.69) is 50.1 Å². The predicted molar refractivity (Wildman–Crippen MR) is 85.9 cm³/mol. The van der Waals surface area contributed by atoms with E-state index in [0.717, 1.165) is 36.2 Å². The van der Waals surface area contributed by atoms with Gasteiger partial charge in [-0.15, -0.1) is 0 Å². The summed E-state index contributed by atoms with van der Waals surface area (Å²) in [5, 5.41) is 3.22. The summed E-state index contributed by atoms with van der Waals surface area (Å²) in [6, 6.07) is 8.37. The van der Waals surface area contributed by atoms with Crippen LogP contribution in [0.4, 0.5) is 0 Å². The molecule has 1 aromatic carbocycles. The quantitative estimate of drug-likeness (QED) is 0.929. The van der Waals surface area contributed by atoms with Gasteiger partial charge in [0.1, 0.15) is 5.82 Å². The normalized spacial score (nSPS) is 14.3. The molecule has 2 heterocycles. The van der Waals surface area contributed by atoms with Crippen molar-refractivity contribution in [3.63, 3.8) is 0 Å². The standard InChI is InChI=1S/C16H20BrN3/c1-18-10-9-14-15-8-4-5-11-20(15)16(19-14)12-6-2-3-7-13(12)17/h2-3,6-7,18H,4-5,8-11H2,1H3. The first-order valence-electron chi connectivity index (χ1n) is 7.29. The van der Waals surface area contributed by atoms with E-state index < -0.39 is 0 Å². The summed E-state index contributed by atoms with van der Waals surface area (Å²) >= 11 is 3.66. The number of nitrogens with one attached hydrogen (secondary N) is 1. The monoisotopic (exact) mass is 333 g/mol. The Hall–Kier alpha value is -1.13. The van der Waals surface area contributed by atoms with E-state index in [0.29, 0.717) is 0 Å². The first-order chi connectivity index (χ1) is 9.81. The second-order valence-electron chi connectivity index (χ2n) is 5.27. The van der Waals surface area contributed by atoms with Crippen molar-refractivity contribution < 1.29 is 0 Å². The zero-order valence-corrected chi connectivity index (χ0v) is 13.4. The number of imidazole rings is 1. The van der Waals surface area contributed by atoms with Crippen LogP contribution in [0, 0.1) is 0 Å². The highest BCUT2D eigenvalue weighted by molar-refractivity contribution is 9.10. The zero-order valence-electron chi connectivity index (χ0n) is 11.8. The number of likely N-dealkylation sites (N-methyl/N-ethyl adjacent to an activating group) is 1. The second-order valence-corrected chi connectivity index (χ2v) is 6.13. The molecule has 1 aliphatic rings. The van der Waals surface area contributed by atoms with Crippen molar-refractivity contribution in [3.8, 4) is 11.4 Å². The molecule has 20 heavy (non-hydrogen) atoms. The van der Waals surface area contributed by atoms with Gasteiger partial charge in [-0.05, 0) is 32.4 Å². The molecule has 0 amide bonds. The highest BCUT2D eigenvalue weighted by Gasteiger charge is 2.21. The van der Waals surface area contributed by atoms with Gasteiger partial charge in [0.2, 0.25) is 0 Å². The number of halogens is 1. The van der Waals surface area contributed by atoms with E-state index in [4.69, 9.17) is 4.98 Å². The molecule has 0 unspecified atom stereocenters. The summed E-state index contributed by atoms with van der Waals surface area (Å²) in [4.78, 5) is 4.95. The minimum atomic E-state index is 0.986. The van der Waals surface area contributed by atoms with E-state index in [1.807, 2.05) is 7.05 Å². The Morgan fingerprint density at radius 1 is 1.30 bits per heavy atom. The third kappa shape index (κ3) is 2.54. The number of hydrogen-bond acceptors (Lipinski definition) is 2. The third-order valence-corrected chi connectivity index (χ3v) is 4.62. The fourth-order valence-electron chi connectivity index (χ4n) is 2.91. The maximum atomic E-state index is 4.95. The summed E-state index contributed by atoms with van der Waals surface area (Å²) in [5.74, 6) is 1.12. The molecule has 2 aromatic rings. The molecule has 3 nitrogen and oxygen atoms in total. The number of rotatable bonds is 4. The van der Waals surface area contributed by atoms with Crippen LogP contribution in [0.15, 0.2) is 28.7 Å². The Bertz CT molecular complexity index is 604. The maximum Gasteiger partial charge on any atom is 0.141 e. The van der Waals surface area contributed by atoms with E-state index in [-0.39, 0.29) is 0 Å². The summed E-state index contributed by atoms with van der Waals surface area (Å²) in [7, 11) is 2.00. The van der Waals surface area contributed by atoms with Crippen LogP contribution in [0.1, 0.15) is 24.2 Å². The summed E-state index contributed by atoms with van der Waals surface area (Å²) in [6.07, 6.45) is 4.71. The number of nitrogens with zero attached hydrogens (tertiary/aromatic N) is 2. The molecule has 0 saturated heterocycles. The number of aromatic nitrogens is 2. The van der Waals surface area contributed by atoms with Crippen molar-refractivity contribution in [2.24, 2.45) is 0 Å². The molecule has 0 saturated carbocycles. The van der Waals surface area contributed by atoms with Gasteiger partial charge in [-0.3, -0.25) is 0 Å². The van der Waals surface area contributed by atoms with Gasteiger partial charge in [0, 0.05) is 35.2 Å². The fourth-order valence-corrected chi connectivity index (χ4v) is 3.37. The van der Waals surface area contributed by atoms with Crippen molar-refractivity contribution in [3.05, 3.63) is 40.1 Å². The summed E-state index contributed by atoms with van der Waals surface area (Å²) in [5.41, 5.74) is 3.91. The summed E-state index contributed by atoms with van der Waals surface area (Å²) in [6.45, 7) is 2.08. The SMILES string of the molecule is CNCCc1nc(-c2ccccc2Br)n2c1CCCC2. The average molecular weight is 334 g/mol. The van der Waals surface area contributed by atoms with Gasteiger partial charge in [-0.2, -0.15) is 0 Å². The van der Waals surface area contributed by atoms with Crippen molar-refractivity contribution in [1.82, 2.24) is 14.9 Å². The minimum Gasteiger partial charge on any atom is -0.328 e. The Morgan fingerprint density at radius 2 is 2.15 bits per heavy atom. The molecule has 3 rings (SSSR count). The van der Waals surface area contributed by atoms with Gasteiger partial charge >= 0.3 is 0 Å². The molecule has 1 N–H and O–H groups in total. The van der Waals surface area contributed by atoms with Crippen LogP contribution < -0.4 is 5.32 Å². The average Bonchev–Trinajstić information content (AvgIpc) is 2.84. The highest BCUT2D eigenvalue weighted by atomic mass is 79.9. The van der Waals surface area contributed by atoms with Crippen molar-refractivity contribution in [2.75, 3.05) is 13.6 Å². The Kier molecular flexibility index (Phi) is 4.22. The molecular formula is C16H20BrN3. The van der Waals surface area contributed by atoms with Crippen LogP contribution in [-0.2, 0) is 19.4 Å². The van der Waals surface area contributed by atoms with Crippen LogP contribution in [0.25, 0.3) is 11.4 Å². The van der Waals surface area contributed by atoms with E-state index in [9.17, 15) is 0 Å². The van der Waals surface area contributed by atoms with Crippen molar-refractivity contribution >= 4 is 15.9 Å². The van der Waals surface area contributed by atoms with Gasteiger partial charge in [-0.25, -0.2) is 4.98 Å². The third-order valence-electron chi connectivity index (χ3n) is 3.93. The van der Waals surface area contributed by atoms with Crippen molar-refractivity contribution in [1.29, 1.82) is 0 Å². The Balaban J connectivity index is 2.07. The summed E-state index contributed by atoms with van der Waals surface area (Å²) < 4.78 is 3.55. The van der Waals surface area contributed by atoms with Gasteiger partial charge in [0.05, 0.1) is 5.69 Å². The Morgan fingerprint density at radius 3 is 2.95 bits per heavy atom. The van der Waals surface area contributed by atoms with E-state index in [1.165, 1.54) is 29.8 Å². The molecule has 0 radical (unpaired) electrons. The fraction of sp³-hybridized carbons (Fsp3) is 0.438. The first kappa shape index (κ1) is 13.8. The number of fused-ring (bicyclic) bond motifs is 1. The van der Waals surface area contributed by atoms with Gasteiger partial charge in [-0.1, -0.05) is 34.1 Å². The zero-order chi connectivity index (χ0) is 13.9. The lowest BCUT2D eigenvalue weighted by Gasteiger charge is -2.18. The van der Waals surface area contributed by atoms with Crippen LogP contribution in [0.2, 0.25) is 0 Å². The van der Waals surface area contributed by atoms with Gasteiger partial charge in [0.25, 0.3) is 0 Å². The molecule has 106 valence electrons. The molecule has 0 fully saturated rings. The number of hydrogen-bond donors (Lipinski definition) is 1. The van der Waals surface area contributed by atoms with E-state index >= 15 is 0 Å². The maximum absolute atomic E-state index is 4.95. The molecule has 1 aliphatic heterocycles. The molecular weight excluding hydrogens is 314 g/mol. The van der Waals surface area contributed by atoms with Crippen LogP contribution >= 0.6 is 15.9 Å². The van der Waals surface area contributed by atoms with Crippen molar-refractivity contribution in [2.45, 2.75) is 32.2 Å². The van der Waals surface area contributed by atoms with Crippen LogP contribution in [-0.4, -0.2) is 23.1 Å². The van der Waals surface area contributed by atoms with E-state index in [1.54, 1.807) is 0 Å². The highest BCUT2D eigenvalue weighted by Crippen LogP contribution is 2.31. The lowest BCUT2D eigenvalue weighted by molar-refractivity contribution is 0.532. The minimum absolute atomic E-state index is 0.986. The van der Waals surface area contributed by atoms with Crippen LogP contribution in [0.5, 0.6) is 0 Å². The van der Waals surface area contributed by atoms with Gasteiger partial charge < -0.3 is 9.88 Å². The number of benzene rings is 1. The first-order valence-corrected chi connectivity index (χ1v) is 8.08. The van der Waals surface area contributed by atoms with Gasteiger partial charge in [0.15, 0.2) is 0 Å². The molecule has 0 spiro atoms. The molecule has 0 aliphatic carbocycles. The van der Waals surface area contributed by atoms with Crippen LogP contribution in [0.3, 0.4) is 0 Å². The molecule has 4 heteroatoms. The lowest BCUT2D eigenvalue weighted by Crippen LogP contribution is -2.15. The topological polar surface area (TPSA) is 29.9 Å². The smallest absolute Gasteiger partial charge is 0.141 e. The lowest BCUT2D eigenvalue weighted by atomic mass is 10.1. The molecule has 0 bridgehead atoms. The second kappa shape index (κ2) is 6.10. The Labute approximate surface area is 128 Å². The molecule has 1 aromatic heterocycles.